The molecule has 0 radical (unpaired) electrons. The van der Waals surface area contributed by atoms with Crippen molar-refractivity contribution in [3.05, 3.63) is 66.6 Å². The van der Waals surface area contributed by atoms with E-state index in [-0.39, 0.29) is 23.3 Å². The van der Waals surface area contributed by atoms with Gasteiger partial charge in [-0.05, 0) is 67.3 Å². The van der Waals surface area contributed by atoms with Crippen molar-refractivity contribution in [1.29, 1.82) is 0 Å². The first-order valence-corrected chi connectivity index (χ1v) is 10.8. The number of halogens is 2. The smallest absolute Gasteiger partial charge is 0.387 e. The summed E-state index contributed by atoms with van der Waals surface area (Å²) in [6, 6.07) is 13.8. The molecular formula is C25H24F2N2O5. The molecule has 1 aliphatic heterocycles. The van der Waals surface area contributed by atoms with Gasteiger partial charge in [0.1, 0.15) is 17.5 Å². The van der Waals surface area contributed by atoms with E-state index in [1.165, 1.54) is 30.4 Å². The molecular weight excluding hydrogens is 446 g/mol. The van der Waals surface area contributed by atoms with Crippen molar-refractivity contribution in [3.63, 3.8) is 0 Å². The molecule has 1 N–H and O–H groups in total. The summed E-state index contributed by atoms with van der Waals surface area (Å²) in [6.45, 7) is -2.56. The zero-order chi connectivity index (χ0) is 24.1. The van der Waals surface area contributed by atoms with Crippen LogP contribution in [0.4, 0.5) is 14.5 Å². The Morgan fingerprint density at radius 3 is 2.59 bits per heavy atom. The second-order valence-corrected chi connectivity index (χ2v) is 7.79. The van der Waals surface area contributed by atoms with Crippen LogP contribution in [0.1, 0.15) is 29.8 Å². The van der Waals surface area contributed by atoms with Crippen LogP contribution in [0.3, 0.4) is 0 Å². The molecule has 0 bridgehead atoms. The van der Waals surface area contributed by atoms with Crippen molar-refractivity contribution in [2.75, 3.05) is 19.0 Å². The van der Waals surface area contributed by atoms with Gasteiger partial charge < -0.3 is 24.1 Å². The number of carbonyl (C=O) groups excluding carboxylic acids is 2. The fourth-order valence-electron chi connectivity index (χ4n) is 4.02. The molecule has 0 saturated carbocycles. The van der Waals surface area contributed by atoms with Crippen LogP contribution >= 0.6 is 0 Å². The number of rotatable bonds is 7. The van der Waals surface area contributed by atoms with E-state index in [0.717, 1.165) is 12.8 Å². The van der Waals surface area contributed by atoms with Gasteiger partial charge >= 0.3 is 6.61 Å². The molecule has 34 heavy (non-hydrogen) atoms. The summed E-state index contributed by atoms with van der Waals surface area (Å²) in [5.74, 6) is 0.0656. The normalized spacial score (nSPS) is 15.8. The van der Waals surface area contributed by atoms with Crippen molar-refractivity contribution in [2.24, 2.45) is 0 Å². The lowest BCUT2D eigenvalue weighted by Gasteiger charge is -2.34. The Balaban J connectivity index is 1.58. The number of carbonyl (C=O) groups is 2. The molecule has 9 heteroatoms. The van der Waals surface area contributed by atoms with Crippen molar-refractivity contribution in [1.82, 2.24) is 4.90 Å². The van der Waals surface area contributed by atoms with Crippen LogP contribution in [0, 0.1) is 0 Å². The van der Waals surface area contributed by atoms with E-state index in [1.54, 1.807) is 42.5 Å². The number of furan rings is 1. The molecule has 7 nitrogen and oxygen atoms in total. The van der Waals surface area contributed by atoms with Crippen molar-refractivity contribution in [3.8, 4) is 22.6 Å². The quantitative estimate of drug-likeness (QED) is 0.514. The molecule has 1 fully saturated rings. The second kappa shape index (κ2) is 10.4. The number of methoxy groups -OCH3 is 1. The number of amides is 2. The first-order valence-electron chi connectivity index (χ1n) is 10.8. The fraction of sp³-hybridized carbons (Fsp3) is 0.280. The van der Waals surface area contributed by atoms with Crippen molar-refractivity contribution < 1.29 is 32.3 Å². The molecule has 1 saturated heterocycles. The molecule has 3 aromatic rings. The summed E-state index contributed by atoms with van der Waals surface area (Å²) in [7, 11) is 1.53. The molecule has 1 unspecified atom stereocenters. The van der Waals surface area contributed by atoms with E-state index in [1.807, 2.05) is 0 Å². The summed E-state index contributed by atoms with van der Waals surface area (Å²) in [6.07, 6.45) is 3.52. The third-order valence-corrected chi connectivity index (χ3v) is 5.66. The molecule has 2 heterocycles. The monoisotopic (exact) mass is 470 g/mol. The van der Waals surface area contributed by atoms with Crippen LogP contribution in [-0.4, -0.2) is 43.0 Å². The Morgan fingerprint density at radius 1 is 1.12 bits per heavy atom. The summed E-state index contributed by atoms with van der Waals surface area (Å²) >= 11 is 0. The molecule has 178 valence electrons. The number of nitrogens with one attached hydrogen (secondary N) is 1. The molecule has 0 aliphatic carbocycles. The van der Waals surface area contributed by atoms with Crippen LogP contribution < -0.4 is 14.8 Å². The predicted octanol–water partition coefficient (Wildman–Crippen LogP) is 5.19. The molecule has 2 aromatic carbocycles. The number of ether oxygens (including phenoxy) is 2. The van der Waals surface area contributed by atoms with Gasteiger partial charge in [-0.15, -0.1) is 0 Å². The summed E-state index contributed by atoms with van der Waals surface area (Å²) < 4.78 is 41.0. The van der Waals surface area contributed by atoms with Gasteiger partial charge in [-0.1, -0.05) is 12.1 Å². The predicted molar refractivity (Wildman–Crippen MR) is 121 cm³/mol. The Morgan fingerprint density at radius 2 is 1.91 bits per heavy atom. The summed E-state index contributed by atoms with van der Waals surface area (Å²) in [4.78, 5) is 27.5. The molecule has 2 amide bonds. The first kappa shape index (κ1) is 23.3. The van der Waals surface area contributed by atoms with Crippen molar-refractivity contribution >= 4 is 17.5 Å². The highest BCUT2D eigenvalue weighted by Crippen LogP contribution is 2.35. The minimum atomic E-state index is -3.00. The lowest BCUT2D eigenvalue weighted by Crippen LogP contribution is -2.49. The lowest BCUT2D eigenvalue weighted by molar-refractivity contribution is -0.121. The number of nitrogens with zero attached hydrogens (tertiary/aromatic N) is 1. The lowest BCUT2D eigenvalue weighted by atomic mass is 10.00. The molecule has 1 aromatic heterocycles. The Labute approximate surface area is 195 Å². The SMILES string of the molecule is COc1ccc(-c2cc(NC(=O)C3CCCCN3C(=O)c3ccco3)ccc2OC(F)F)cc1. The van der Waals surface area contributed by atoms with Crippen LogP contribution in [0.2, 0.25) is 0 Å². The van der Waals surface area contributed by atoms with E-state index in [2.05, 4.69) is 10.1 Å². The van der Waals surface area contributed by atoms with Gasteiger partial charge in [0.05, 0.1) is 13.4 Å². The Kier molecular flexibility index (Phi) is 7.10. The zero-order valence-corrected chi connectivity index (χ0v) is 18.5. The number of benzene rings is 2. The average molecular weight is 470 g/mol. The minimum absolute atomic E-state index is 0.0227. The average Bonchev–Trinajstić information content (AvgIpc) is 3.39. The van der Waals surface area contributed by atoms with E-state index in [9.17, 15) is 18.4 Å². The summed E-state index contributed by atoms with van der Waals surface area (Å²) in [5.41, 5.74) is 1.39. The van der Waals surface area contributed by atoms with Crippen LogP contribution in [0.25, 0.3) is 11.1 Å². The Hall–Kier alpha value is -3.88. The van der Waals surface area contributed by atoms with Gasteiger partial charge in [0, 0.05) is 17.8 Å². The summed E-state index contributed by atoms with van der Waals surface area (Å²) in [5, 5.41) is 2.82. The maximum Gasteiger partial charge on any atom is 0.387 e. The maximum atomic E-state index is 13.1. The molecule has 1 aliphatic rings. The number of anilines is 1. The van der Waals surface area contributed by atoms with Gasteiger partial charge in [-0.25, -0.2) is 0 Å². The van der Waals surface area contributed by atoms with Gasteiger partial charge in [0.25, 0.3) is 5.91 Å². The van der Waals surface area contributed by atoms with Crippen molar-refractivity contribution in [2.45, 2.75) is 31.9 Å². The van der Waals surface area contributed by atoms with Gasteiger partial charge in [0.2, 0.25) is 5.91 Å². The van der Waals surface area contributed by atoms with Gasteiger partial charge in [0.15, 0.2) is 5.76 Å². The highest BCUT2D eigenvalue weighted by Gasteiger charge is 2.33. The zero-order valence-electron chi connectivity index (χ0n) is 18.5. The van der Waals surface area contributed by atoms with Crippen LogP contribution in [-0.2, 0) is 4.79 Å². The number of alkyl halides is 2. The fourth-order valence-corrected chi connectivity index (χ4v) is 4.02. The second-order valence-electron chi connectivity index (χ2n) is 7.79. The van der Waals surface area contributed by atoms with Gasteiger partial charge in [-0.3, -0.25) is 9.59 Å². The topological polar surface area (TPSA) is 81.0 Å². The number of likely N-dealkylation sites (tertiary alicyclic amines) is 1. The van der Waals surface area contributed by atoms with E-state index >= 15 is 0 Å². The first-order chi connectivity index (χ1) is 16.5. The Bertz CT molecular complexity index is 1130. The molecule has 1 atom stereocenters. The minimum Gasteiger partial charge on any atom is -0.497 e. The molecule has 4 rings (SSSR count). The number of hydrogen-bond acceptors (Lipinski definition) is 5. The van der Waals surface area contributed by atoms with E-state index in [4.69, 9.17) is 9.15 Å². The van der Waals surface area contributed by atoms with Gasteiger partial charge in [-0.2, -0.15) is 8.78 Å². The van der Waals surface area contributed by atoms with E-state index in [0.29, 0.717) is 35.5 Å². The van der Waals surface area contributed by atoms with Crippen LogP contribution in [0.5, 0.6) is 11.5 Å². The number of hydrogen-bond donors (Lipinski definition) is 1. The molecule has 0 spiro atoms. The maximum absolute atomic E-state index is 13.1. The van der Waals surface area contributed by atoms with Crippen LogP contribution in [0.15, 0.2) is 65.3 Å². The van der Waals surface area contributed by atoms with E-state index < -0.39 is 12.7 Å². The highest BCUT2D eigenvalue weighted by molar-refractivity contribution is 6.00. The standard InChI is InChI=1S/C25H24F2N2O5/c1-32-18-10-7-16(8-11-18)19-15-17(9-12-21(19)34-25(26)27)28-23(30)20-5-2-3-13-29(20)24(31)22-6-4-14-33-22/h4,6-12,14-15,20,25H,2-3,5,13H2,1H3,(H,28,30). The number of piperidine rings is 1. The third-order valence-electron chi connectivity index (χ3n) is 5.66. The largest absolute Gasteiger partial charge is 0.497 e. The third kappa shape index (κ3) is 5.19. The highest BCUT2D eigenvalue weighted by atomic mass is 19.3.